The summed E-state index contributed by atoms with van der Waals surface area (Å²) >= 11 is 0. The zero-order chi connectivity index (χ0) is 21.2. The normalized spacial score (nSPS) is 10.8. The number of guanidine groups is 1. The Morgan fingerprint density at radius 1 is 0.967 bits per heavy atom. The van der Waals surface area contributed by atoms with Gasteiger partial charge in [0.2, 0.25) is 5.75 Å². The lowest BCUT2D eigenvalue weighted by atomic mass is 10.0. The molecule has 0 amide bonds. The first-order valence-electron chi connectivity index (χ1n) is 9.53. The third-order valence-electron chi connectivity index (χ3n) is 4.34. The highest BCUT2D eigenvalue weighted by Crippen LogP contribution is 2.39. The molecule has 0 aliphatic rings. The van der Waals surface area contributed by atoms with Gasteiger partial charge in [-0.05, 0) is 17.5 Å². The highest BCUT2D eigenvalue weighted by atomic mass is 127. The van der Waals surface area contributed by atoms with Gasteiger partial charge in [0.1, 0.15) is 12.4 Å². The molecule has 8 heteroatoms. The molecule has 0 spiro atoms. The van der Waals surface area contributed by atoms with Crippen LogP contribution in [0.5, 0.6) is 23.0 Å². The van der Waals surface area contributed by atoms with E-state index >= 15 is 0 Å². The van der Waals surface area contributed by atoms with Crippen LogP contribution in [0.15, 0.2) is 41.4 Å². The first-order valence-corrected chi connectivity index (χ1v) is 9.53. The Morgan fingerprint density at radius 2 is 1.60 bits per heavy atom. The molecule has 166 valence electrons. The Balaban J connectivity index is 0.00000450. The Labute approximate surface area is 196 Å². The van der Waals surface area contributed by atoms with E-state index in [1.165, 1.54) is 5.56 Å². The van der Waals surface area contributed by atoms with Crippen molar-refractivity contribution in [1.29, 1.82) is 0 Å². The van der Waals surface area contributed by atoms with Crippen molar-refractivity contribution in [2.24, 2.45) is 4.99 Å². The summed E-state index contributed by atoms with van der Waals surface area (Å²) in [7, 11) is 6.45. The molecule has 0 bridgehead atoms. The fraction of sp³-hybridized carbons (Fsp3) is 0.409. The Hall–Kier alpha value is -2.36. The summed E-state index contributed by atoms with van der Waals surface area (Å²) in [6.45, 7) is 5.42. The van der Waals surface area contributed by atoms with Crippen LogP contribution in [0.4, 0.5) is 5.69 Å². The minimum atomic E-state index is 0. The largest absolute Gasteiger partial charge is 0.493 e. The summed E-state index contributed by atoms with van der Waals surface area (Å²) in [5.74, 6) is 3.61. The number of methoxy groups -OCH3 is 3. The monoisotopic (exact) mass is 529 g/mol. The van der Waals surface area contributed by atoms with E-state index in [0.717, 1.165) is 11.4 Å². The topological polar surface area (TPSA) is 73.3 Å². The van der Waals surface area contributed by atoms with Crippen molar-refractivity contribution < 1.29 is 18.9 Å². The molecule has 2 aromatic rings. The van der Waals surface area contributed by atoms with Crippen LogP contribution in [-0.2, 0) is 0 Å². The average Bonchev–Trinajstić information content (AvgIpc) is 2.75. The summed E-state index contributed by atoms with van der Waals surface area (Å²) < 4.78 is 22.1. The van der Waals surface area contributed by atoms with Gasteiger partial charge in [-0.2, -0.15) is 0 Å². The van der Waals surface area contributed by atoms with Crippen molar-refractivity contribution in [3.8, 4) is 23.0 Å². The summed E-state index contributed by atoms with van der Waals surface area (Å²) in [4.78, 5) is 4.25. The number of nitrogens with zero attached hydrogens (tertiary/aromatic N) is 1. The number of ether oxygens (including phenoxy) is 4. The molecular formula is C22H32IN3O4. The van der Waals surface area contributed by atoms with Crippen LogP contribution in [0, 0.1) is 0 Å². The molecule has 7 nitrogen and oxygen atoms in total. The summed E-state index contributed by atoms with van der Waals surface area (Å²) in [6.07, 6.45) is 0. The maximum atomic E-state index is 5.95. The van der Waals surface area contributed by atoms with Crippen molar-refractivity contribution >= 4 is 35.6 Å². The lowest BCUT2D eigenvalue weighted by molar-refractivity contribution is 0.318. The van der Waals surface area contributed by atoms with E-state index in [2.05, 4.69) is 35.5 Å². The second kappa shape index (κ2) is 13.0. The summed E-state index contributed by atoms with van der Waals surface area (Å²) in [5, 5.41) is 6.47. The maximum absolute atomic E-state index is 5.95. The van der Waals surface area contributed by atoms with Gasteiger partial charge in [0, 0.05) is 24.9 Å². The molecule has 0 aliphatic heterocycles. The number of hydrogen-bond acceptors (Lipinski definition) is 5. The van der Waals surface area contributed by atoms with Crippen LogP contribution < -0.4 is 29.6 Å². The Morgan fingerprint density at radius 3 is 2.13 bits per heavy atom. The van der Waals surface area contributed by atoms with Gasteiger partial charge in [0.05, 0.1) is 27.9 Å². The van der Waals surface area contributed by atoms with Gasteiger partial charge in [-0.1, -0.05) is 32.0 Å². The van der Waals surface area contributed by atoms with Gasteiger partial charge < -0.3 is 29.6 Å². The van der Waals surface area contributed by atoms with E-state index in [-0.39, 0.29) is 24.0 Å². The van der Waals surface area contributed by atoms with Crippen molar-refractivity contribution in [2.45, 2.75) is 19.8 Å². The molecule has 0 unspecified atom stereocenters. The van der Waals surface area contributed by atoms with Crippen molar-refractivity contribution in [3.63, 3.8) is 0 Å². The molecular weight excluding hydrogens is 497 g/mol. The number of benzene rings is 2. The second-order valence-electron chi connectivity index (χ2n) is 6.58. The number of rotatable bonds is 9. The molecule has 0 saturated carbocycles. The van der Waals surface area contributed by atoms with E-state index in [1.54, 1.807) is 28.4 Å². The third-order valence-corrected chi connectivity index (χ3v) is 4.34. The quantitative estimate of drug-likeness (QED) is 0.216. The smallest absolute Gasteiger partial charge is 0.203 e. The van der Waals surface area contributed by atoms with Crippen molar-refractivity contribution in [2.75, 3.05) is 46.8 Å². The number of para-hydroxylation sites is 1. The number of anilines is 1. The highest BCUT2D eigenvalue weighted by Gasteiger charge is 2.14. The molecule has 0 radical (unpaired) electrons. The molecule has 0 atom stereocenters. The molecule has 0 fully saturated rings. The van der Waals surface area contributed by atoms with Gasteiger partial charge in [-0.15, -0.1) is 24.0 Å². The summed E-state index contributed by atoms with van der Waals surface area (Å²) in [6, 6.07) is 11.8. The number of hydrogen-bond donors (Lipinski definition) is 2. The summed E-state index contributed by atoms with van der Waals surface area (Å²) in [5.41, 5.74) is 1.96. The standard InChI is InChI=1S/C22H31N3O4.HI/c1-15(2)17-9-7-8-10-18(17)29-12-11-24-22(23-3)25-16-13-19(26-4)21(28-6)20(14-16)27-5;/h7-10,13-15H,11-12H2,1-6H3,(H2,23,24,25);1H. The van der Waals surface area contributed by atoms with Crippen molar-refractivity contribution in [3.05, 3.63) is 42.0 Å². The first kappa shape index (κ1) is 25.7. The van der Waals surface area contributed by atoms with E-state index in [4.69, 9.17) is 18.9 Å². The Kier molecular flexibility index (Phi) is 11.2. The molecule has 0 aromatic heterocycles. The highest BCUT2D eigenvalue weighted by molar-refractivity contribution is 14.0. The van der Waals surface area contributed by atoms with Gasteiger partial charge in [-0.3, -0.25) is 4.99 Å². The minimum Gasteiger partial charge on any atom is -0.493 e. The van der Waals surface area contributed by atoms with Crippen LogP contribution in [0.1, 0.15) is 25.3 Å². The van der Waals surface area contributed by atoms with E-state index in [1.807, 2.05) is 30.3 Å². The fourth-order valence-corrected chi connectivity index (χ4v) is 2.89. The molecule has 0 aliphatic carbocycles. The predicted octanol–water partition coefficient (Wildman–Crippen LogP) is 4.52. The van der Waals surface area contributed by atoms with E-state index in [9.17, 15) is 0 Å². The molecule has 0 heterocycles. The van der Waals surface area contributed by atoms with Crippen LogP contribution in [0.3, 0.4) is 0 Å². The van der Waals surface area contributed by atoms with Gasteiger partial charge in [0.15, 0.2) is 17.5 Å². The van der Waals surface area contributed by atoms with Crippen LogP contribution in [0.25, 0.3) is 0 Å². The van der Waals surface area contributed by atoms with Gasteiger partial charge >= 0.3 is 0 Å². The zero-order valence-corrected chi connectivity index (χ0v) is 20.8. The number of aliphatic imine (C=N–C) groups is 1. The van der Waals surface area contributed by atoms with Crippen LogP contribution >= 0.6 is 24.0 Å². The fourth-order valence-electron chi connectivity index (χ4n) is 2.89. The van der Waals surface area contributed by atoms with E-state index in [0.29, 0.717) is 42.3 Å². The molecule has 0 saturated heterocycles. The number of nitrogens with one attached hydrogen (secondary N) is 2. The lowest BCUT2D eigenvalue weighted by Gasteiger charge is -2.17. The van der Waals surface area contributed by atoms with Crippen LogP contribution in [-0.4, -0.2) is 47.5 Å². The molecule has 2 rings (SSSR count). The SMILES string of the molecule is CN=C(NCCOc1ccccc1C(C)C)Nc1cc(OC)c(OC)c(OC)c1.I. The van der Waals surface area contributed by atoms with Crippen LogP contribution in [0.2, 0.25) is 0 Å². The minimum absolute atomic E-state index is 0. The average molecular weight is 529 g/mol. The maximum Gasteiger partial charge on any atom is 0.203 e. The van der Waals surface area contributed by atoms with Gasteiger partial charge in [0.25, 0.3) is 0 Å². The lowest BCUT2D eigenvalue weighted by Crippen LogP contribution is -2.33. The van der Waals surface area contributed by atoms with Crippen molar-refractivity contribution in [1.82, 2.24) is 5.32 Å². The van der Waals surface area contributed by atoms with E-state index < -0.39 is 0 Å². The first-order chi connectivity index (χ1) is 14.0. The third kappa shape index (κ3) is 6.86. The number of halogens is 1. The molecule has 2 N–H and O–H groups in total. The molecule has 2 aromatic carbocycles. The Bertz CT molecular complexity index is 803. The zero-order valence-electron chi connectivity index (χ0n) is 18.4. The predicted molar refractivity (Wildman–Crippen MR) is 133 cm³/mol. The molecule has 30 heavy (non-hydrogen) atoms. The van der Waals surface area contributed by atoms with Gasteiger partial charge in [-0.25, -0.2) is 0 Å². The second-order valence-corrected chi connectivity index (χ2v) is 6.58.